The lowest BCUT2D eigenvalue weighted by Gasteiger charge is -2.03. The number of benzene rings is 2. The van der Waals surface area contributed by atoms with E-state index in [0.717, 1.165) is 23.6 Å². The van der Waals surface area contributed by atoms with E-state index >= 15 is 0 Å². The van der Waals surface area contributed by atoms with Gasteiger partial charge in [0.25, 0.3) is 0 Å². The van der Waals surface area contributed by atoms with Crippen molar-refractivity contribution >= 4 is 16.8 Å². The Hall–Kier alpha value is -2.55. The van der Waals surface area contributed by atoms with Crippen molar-refractivity contribution in [1.82, 2.24) is 14.0 Å². The van der Waals surface area contributed by atoms with E-state index in [4.69, 9.17) is 4.98 Å². The molecule has 4 rings (SSSR count). The van der Waals surface area contributed by atoms with Gasteiger partial charge in [0.1, 0.15) is 0 Å². The number of rotatable bonds is 4. The summed E-state index contributed by atoms with van der Waals surface area (Å²) in [5.41, 5.74) is 4.69. The SMILES string of the molecule is CCCCn1c2ccccc2n2cc(-c3ccccc3)nc12. The minimum Gasteiger partial charge on any atom is -0.310 e. The molecule has 0 saturated carbocycles. The van der Waals surface area contributed by atoms with Crippen LogP contribution in [0.2, 0.25) is 0 Å². The third-order valence-corrected chi connectivity index (χ3v) is 4.17. The number of aromatic nitrogens is 3. The maximum Gasteiger partial charge on any atom is 0.215 e. The summed E-state index contributed by atoms with van der Waals surface area (Å²) in [5.74, 6) is 1.04. The molecule has 0 unspecified atom stereocenters. The van der Waals surface area contributed by atoms with Crippen molar-refractivity contribution in [3.63, 3.8) is 0 Å². The van der Waals surface area contributed by atoms with E-state index in [2.05, 4.69) is 70.6 Å². The van der Waals surface area contributed by atoms with E-state index in [1.54, 1.807) is 0 Å². The largest absolute Gasteiger partial charge is 0.310 e. The number of hydrogen-bond acceptors (Lipinski definition) is 1. The summed E-state index contributed by atoms with van der Waals surface area (Å²) in [4.78, 5) is 4.90. The highest BCUT2D eigenvalue weighted by Crippen LogP contribution is 2.25. The van der Waals surface area contributed by atoms with Crippen molar-refractivity contribution in [2.45, 2.75) is 26.3 Å². The predicted octanol–water partition coefficient (Wildman–Crippen LogP) is 4.76. The zero-order valence-corrected chi connectivity index (χ0v) is 12.7. The van der Waals surface area contributed by atoms with E-state index < -0.39 is 0 Å². The summed E-state index contributed by atoms with van der Waals surface area (Å²) in [5, 5.41) is 0. The van der Waals surface area contributed by atoms with E-state index in [1.165, 1.54) is 23.9 Å². The molecule has 2 aromatic heterocycles. The molecule has 22 heavy (non-hydrogen) atoms. The highest BCUT2D eigenvalue weighted by atomic mass is 15.2. The van der Waals surface area contributed by atoms with Crippen molar-refractivity contribution < 1.29 is 0 Å². The van der Waals surface area contributed by atoms with Gasteiger partial charge in [-0.25, -0.2) is 4.98 Å². The van der Waals surface area contributed by atoms with E-state index in [-0.39, 0.29) is 0 Å². The number of unbranched alkanes of at least 4 members (excludes halogenated alkanes) is 1. The molecule has 0 bridgehead atoms. The molecule has 3 nitrogen and oxygen atoms in total. The highest BCUT2D eigenvalue weighted by molar-refractivity contribution is 5.82. The Labute approximate surface area is 129 Å². The van der Waals surface area contributed by atoms with Gasteiger partial charge in [0, 0.05) is 18.3 Å². The van der Waals surface area contributed by atoms with Crippen LogP contribution in [0.15, 0.2) is 60.8 Å². The second-order valence-corrected chi connectivity index (χ2v) is 5.66. The van der Waals surface area contributed by atoms with Crippen LogP contribution < -0.4 is 0 Å². The summed E-state index contributed by atoms with van der Waals surface area (Å²) in [6.07, 6.45) is 4.50. The normalized spacial score (nSPS) is 11.5. The van der Waals surface area contributed by atoms with Crippen molar-refractivity contribution in [3.05, 3.63) is 60.8 Å². The van der Waals surface area contributed by atoms with Crippen LogP contribution >= 0.6 is 0 Å². The minimum atomic E-state index is 1.01. The molecule has 0 aliphatic heterocycles. The van der Waals surface area contributed by atoms with Crippen LogP contribution in [0.1, 0.15) is 19.8 Å². The van der Waals surface area contributed by atoms with Crippen LogP contribution in [-0.2, 0) is 6.54 Å². The number of aryl methyl sites for hydroxylation is 1. The molecular formula is C19H19N3. The average molecular weight is 289 g/mol. The fourth-order valence-electron chi connectivity index (χ4n) is 3.03. The Morgan fingerprint density at radius 2 is 1.64 bits per heavy atom. The first kappa shape index (κ1) is 13.1. The molecular weight excluding hydrogens is 270 g/mol. The van der Waals surface area contributed by atoms with Crippen LogP contribution in [-0.4, -0.2) is 14.0 Å². The standard InChI is InChI=1S/C19H19N3/c1-2-3-13-21-17-11-7-8-12-18(17)22-14-16(20-19(21)22)15-9-5-4-6-10-15/h4-12,14H,2-3,13H2,1H3. The third kappa shape index (κ3) is 2.01. The van der Waals surface area contributed by atoms with E-state index in [1.807, 2.05) is 6.07 Å². The first-order chi connectivity index (χ1) is 10.9. The quantitative estimate of drug-likeness (QED) is 0.531. The molecule has 0 saturated heterocycles. The van der Waals surface area contributed by atoms with Gasteiger partial charge in [-0.2, -0.15) is 0 Å². The van der Waals surface area contributed by atoms with Crippen LogP contribution in [0, 0.1) is 0 Å². The zero-order valence-electron chi connectivity index (χ0n) is 12.7. The van der Waals surface area contributed by atoms with Gasteiger partial charge in [0.15, 0.2) is 0 Å². The molecule has 0 radical (unpaired) electrons. The van der Waals surface area contributed by atoms with Crippen molar-refractivity contribution in [1.29, 1.82) is 0 Å². The number of hydrogen-bond donors (Lipinski definition) is 0. The monoisotopic (exact) mass is 289 g/mol. The van der Waals surface area contributed by atoms with Gasteiger partial charge in [-0.1, -0.05) is 55.8 Å². The number of fused-ring (bicyclic) bond motifs is 3. The topological polar surface area (TPSA) is 22.2 Å². The van der Waals surface area contributed by atoms with E-state index in [9.17, 15) is 0 Å². The number of imidazole rings is 2. The fourth-order valence-corrected chi connectivity index (χ4v) is 3.03. The lowest BCUT2D eigenvalue weighted by atomic mass is 10.2. The smallest absolute Gasteiger partial charge is 0.215 e. The Morgan fingerprint density at radius 1 is 0.909 bits per heavy atom. The second kappa shape index (κ2) is 5.34. The Balaban J connectivity index is 1.95. The lowest BCUT2D eigenvalue weighted by Crippen LogP contribution is -1.98. The third-order valence-electron chi connectivity index (χ3n) is 4.17. The molecule has 4 aromatic rings. The maximum absolute atomic E-state index is 4.90. The first-order valence-corrected chi connectivity index (χ1v) is 7.90. The van der Waals surface area contributed by atoms with Crippen LogP contribution in [0.4, 0.5) is 0 Å². The fraction of sp³-hybridized carbons (Fsp3) is 0.211. The van der Waals surface area contributed by atoms with Gasteiger partial charge in [-0.05, 0) is 18.6 Å². The molecule has 0 N–H and O–H groups in total. The molecule has 0 spiro atoms. The summed E-state index contributed by atoms with van der Waals surface area (Å²) in [7, 11) is 0. The van der Waals surface area contributed by atoms with Crippen molar-refractivity contribution in [2.75, 3.05) is 0 Å². The average Bonchev–Trinajstić information content (AvgIpc) is 3.12. The summed E-state index contributed by atoms with van der Waals surface area (Å²) < 4.78 is 4.55. The first-order valence-electron chi connectivity index (χ1n) is 7.90. The van der Waals surface area contributed by atoms with Crippen molar-refractivity contribution in [3.8, 4) is 11.3 Å². The van der Waals surface area contributed by atoms with Crippen LogP contribution in [0.25, 0.3) is 28.1 Å². The summed E-state index contributed by atoms with van der Waals surface area (Å²) in [6, 6.07) is 18.9. The van der Waals surface area contributed by atoms with Crippen LogP contribution in [0.3, 0.4) is 0 Å². The van der Waals surface area contributed by atoms with Gasteiger partial charge >= 0.3 is 0 Å². The molecule has 0 atom stereocenters. The lowest BCUT2D eigenvalue weighted by molar-refractivity contribution is 0.657. The molecule has 0 aliphatic carbocycles. The molecule has 0 aliphatic rings. The molecule has 2 heterocycles. The summed E-state index contributed by atoms with van der Waals surface area (Å²) >= 11 is 0. The van der Waals surface area contributed by atoms with Crippen molar-refractivity contribution in [2.24, 2.45) is 0 Å². The highest BCUT2D eigenvalue weighted by Gasteiger charge is 2.13. The molecule has 0 amide bonds. The van der Waals surface area contributed by atoms with Gasteiger partial charge < -0.3 is 4.57 Å². The summed E-state index contributed by atoms with van der Waals surface area (Å²) in [6.45, 7) is 3.24. The Kier molecular flexibility index (Phi) is 3.19. The number of para-hydroxylation sites is 2. The Morgan fingerprint density at radius 3 is 2.41 bits per heavy atom. The van der Waals surface area contributed by atoms with Crippen LogP contribution in [0.5, 0.6) is 0 Å². The Bertz CT molecular complexity index is 916. The van der Waals surface area contributed by atoms with E-state index in [0.29, 0.717) is 0 Å². The van der Waals surface area contributed by atoms with Gasteiger partial charge in [-0.3, -0.25) is 4.40 Å². The zero-order chi connectivity index (χ0) is 14.9. The number of nitrogens with zero attached hydrogens (tertiary/aromatic N) is 3. The molecule has 0 fully saturated rings. The van der Waals surface area contributed by atoms with Gasteiger partial charge in [-0.15, -0.1) is 0 Å². The molecule has 3 heteroatoms. The second-order valence-electron chi connectivity index (χ2n) is 5.66. The van der Waals surface area contributed by atoms with Gasteiger partial charge in [0.2, 0.25) is 5.78 Å². The molecule has 110 valence electrons. The minimum absolute atomic E-state index is 1.01. The predicted molar refractivity (Wildman–Crippen MR) is 91.0 cm³/mol. The molecule has 2 aromatic carbocycles. The van der Waals surface area contributed by atoms with Gasteiger partial charge in [0.05, 0.1) is 16.7 Å². The maximum atomic E-state index is 4.90.